The van der Waals surface area contributed by atoms with Gasteiger partial charge < -0.3 is 16.2 Å². The molecular weight excluding hydrogens is 368 g/mol. The summed E-state index contributed by atoms with van der Waals surface area (Å²) >= 11 is 0. The highest BCUT2D eigenvalue weighted by Crippen LogP contribution is 2.18. The summed E-state index contributed by atoms with van der Waals surface area (Å²) < 4.78 is 26.3. The van der Waals surface area contributed by atoms with Crippen LogP contribution in [0, 0.1) is 11.3 Å². The zero-order valence-corrected chi connectivity index (χ0v) is 15.1. The van der Waals surface area contributed by atoms with Crippen LogP contribution in [-0.4, -0.2) is 56.0 Å². The fraction of sp³-hybridized carbons (Fsp3) is 0.467. The Morgan fingerprint density at radius 1 is 1.40 bits per heavy atom. The Morgan fingerprint density at radius 3 is 2.60 bits per heavy atom. The maximum absolute atomic E-state index is 12.5. The van der Waals surface area contributed by atoms with E-state index in [1.807, 2.05) is 6.07 Å². The number of nitrogens with zero attached hydrogens (tertiary/aromatic N) is 2. The quantitative estimate of drug-likeness (QED) is 0.606. The van der Waals surface area contributed by atoms with Gasteiger partial charge in [-0.3, -0.25) is 4.79 Å². The number of benzene rings is 1. The first-order chi connectivity index (χ1) is 11.3. The molecule has 0 amide bonds. The highest BCUT2D eigenvalue weighted by molar-refractivity contribution is 7.88. The van der Waals surface area contributed by atoms with Gasteiger partial charge in [-0.1, -0.05) is 12.1 Å². The molecule has 1 saturated heterocycles. The van der Waals surface area contributed by atoms with Gasteiger partial charge in [-0.2, -0.15) is 9.57 Å². The van der Waals surface area contributed by atoms with Crippen LogP contribution in [0.5, 0.6) is 0 Å². The van der Waals surface area contributed by atoms with Crippen molar-refractivity contribution < 1.29 is 18.3 Å². The number of hydrogen-bond acceptors (Lipinski definition) is 6. The van der Waals surface area contributed by atoms with Gasteiger partial charge in [0.1, 0.15) is 6.04 Å². The lowest BCUT2D eigenvalue weighted by Crippen LogP contribution is -2.46. The van der Waals surface area contributed by atoms with E-state index < -0.39 is 22.0 Å². The predicted molar refractivity (Wildman–Crippen MR) is 94.8 cm³/mol. The Kier molecular flexibility index (Phi) is 7.79. The number of nitrogens with one attached hydrogen (secondary N) is 1. The van der Waals surface area contributed by atoms with Crippen LogP contribution in [0.15, 0.2) is 18.2 Å². The molecule has 0 bridgehead atoms. The predicted octanol–water partition coefficient (Wildman–Crippen LogP) is -0.331. The average Bonchev–Trinajstić information content (AvgIpc) is 2.56. The first kappa shape index (κ1) is 21.3. The molecule has 138 valence electrons. The van der Waals surface area contributed by atoms with Crippen LogP contribution in [0.2, 0.25) is 0 Å². The van der Waals surface area contributed by atoms with Crippen molar-refractivity contribution in [2.45, 2.75) is 18.2 Å². The number of nitriles is 1. The molecule has 1 aliphatic heterocycles. The first-order valence-electron chi connectivity index (χ1n) is 7.52. The van der Waals surface area contributed by atoms with Crippen LogP contribution in [0.3, 0.4) is 0 Å². The highest BCUT2D eigenvalue weighted by atomic mass is 35.5. The fourth-order valence-electron chi connectivity index (χ4n) is 2.53. The Bertz CT molecular complexity index is 757. The number of piperazine rings is 1. The van der Waals surface area contributed by atoms with Gasteiger partial charge in [0.15, 0.2) is 0 Å². The molecule has 1 atom stereocenters. The molecule has 2 rings (SSSR count). The summed E-state index contributed by atoms with van der Waals surface area (Å²) in [4.78, 5) is 10.8. The van der Waals surface area contributed by atoms with Crippen molar-refractivity contribution in [3.05, 3.63) is 34.9 Å². The zero-order valence-electron chi connectivity index (χ0n) is 13.5. The van der Waals surface area contributed by atoms with Crippen molar-refractivity contribution in [3.8, 4) is 6.07 Å². The summed E-state index contributed by atoms with van der Waals surface area (Å²) in [5.74, 6) is -1.37. The first-order valence-corrected chi connectivity index (χ1v) is 9.13. The number of carbonyl (C=O) groups is 1. The second-order valence-electron chi connectivity index (χ2n) is 5.66. The molecule has 25 heavy (non-hydrogen) atoms. The Hall–Kier alpha value is -1.70. The third-order valence-corrected chi connectivity index (χ3v) is 5.70. The summed E-state index contributed by atoms with van der Waals surface area (Å²) in [6.07, 6.45) is 0.0782. The number of sulfonamides is 1. The fourth-order valence-corrected chi connectivity index (χ4v) is 4.10. The van der Waals surface area contributed by atoms with Crippen molar-refractivity contribution in [1.29, 1.82) is 5.26 Å². The number of nitrogens with two attached hydrogens (primary N) is 1. The molecular formula is C15H21ClN4O4S. The summed E-state index contributed by atoms with van der Waals surface area (Å²) in [5.41, 5.74) is 6.71. The number of hydrogen-bond donors (Lipinski definition) is 3. The van der Waals surface area contributed by atoms with E-state index in [9.17, 15) is 18.5 Å². The molecule has 0 saturated carbocycles. The molecule has 0 unspecified atom stereocenters. The highest BCUT2D eigenvalue weighted by Gasteiger charge is 2.25. The van der Waals surface area contributed by atoms with Gasteiger partial charge >= 0.3 is 5.97 Å². The largest absolute Gasteiger partial charge is 0.480 e. The summed E-state index contributed by atoms with van der Waals surface area (Å²) in [7, 11) is -3.49. The SMILES string of the molecule is Cl.N#Cc1cc(C[C@H](N)C(=O)O)ccc1CS(=O)(=O)N1CCNCC1. The minimum atomic E-state index is -3.49. The third-order valence-electron chi connectivity index (χ3n) is 3.87. The molecule has 1 aliphatic rings. The van der Waals surface area contributed by atoms with Crippen LogP contribution in [-0.2, 0) is 27.0 Å². The maximum atomic E-state index is 12.5. The normalized spacial score (nSPS) is 16.5. The van der Waals surface area contributed by atoms with Gasteiger partial charge in [0.25, 0.3) is 0 Å². The molecule has 0 spiro atoms. The molecule has 8 nitrogen and oxygen atoms in total. The second kappa shape index (κ2) is 9.12. The van der Waals surface area contributed by atoms with Crippen LogP contribution < -0.4 is 11.1 Å². The summed E-state index contributed by atoms with van der Waals surface area (Å²) in [6.45, 7) is 2.04. The van der Waals surface area contributed by atoms with Gasteiger partial charge in [0, 0.05) is 26.2 Å². The van der Waals surface area contributed by atoms with E-state index in [0.717, 1.165) is 0 Å². The molecule has 0 aliphatic carbocycles. The molecule has 0 radical (unpaired) electrons. The standard InChI is InChI=1S/C15H20N4O4S.ClH/c16-9-13-7-11(8-14(17)15(20)21)1-2-12(13)10-24(22,23)19-5-3-18-4-6-19;/h1-2,7,14,18H,3-6,8,10,17H2,(H,20,21);1H/t14-;/m0./s1. The minimum absolute atomic E-state index is 0. The van der Waals surface area contributed by atoms with Crippen LogP contribution in [0.1, 0.15) is 16.7 Å². The molecule has 1 aromatic carbocycles. The van der Waals surface area contributed by atoms with Gasteiger partial charge in [0.05, 0.1) is 17.4 Å². The van der Waals surface area contributed by atoms with Crippen molar-refractivity contribution >= 4 is 28.4 Å². The Balaban J connectivity index is 0.00000312. The van der Waals surface area contributed by atoms with E-state index in [4.69, 9.17) is 10.8 Å². The van der Waals surface area contributed by atoms with Crippen LogP contribution in [0.4, 0.5) is 0 Å². The summed E-state index contributed by atoms with van der Waals surface area (Å²) in [6, 6.07) is 5.60. The number of carboxylic acids is 1. The summed E-state index contributed by atoms with van der Waals surface area (Å²) in [5, 5.41) is 21.2. The average molecular weight is 389 g/mol. The Morgan fingerprint density at radius 2 is 2.04 bits per heavy atom. The van der Waals surface area contributed by atoms with Crippen molar-refractivity contribution in [2.75, 3.05) is 26.2 Å². The molecule has 4 N–H and O–H groups in total. The molecule has 1 aromatic rings. The number of carboxylic acid groups (broad SMARTS) is 1. The number of rotatable bonds is 6. The lowest BCUT2D eigenvalue weighted by atomic mass is 10.0. The van der Waals surface area contributed by atoms with E-state index >= 15 is 0 Å². The lowest BCUT2D eigenvalue weighted by Gasteiger charge is -2.26. The lowest BCUT2D eigenvalue weighted by molar-refractivity contribution is -0.138. The van der Waals surface area contributed by atoms with E-state index in [0.29, 0.717) is 37.3 Å². The monoisotopic (exact) mass is 388 g/mol. The minimum Gasteiger partial charge on any atom is -0.480 e. The number of halogens is 1. The van der Waals surface area contributed by atoms with E-state index in [1.54, 1.807) is 12.1 Å². The van der Waals surface area contributed by atoms with E-state index in [1.165, 1.54) is 10.4 Å². The van der Waals surface area contributed by atoms with Crippen molar-refractivity contribution in [2.24, 2.45) is 5.73 Å². The van der Waals surface area contributed by atoms with Gasteiger partial charge in [0.2, 0.25) is 10.0 Å². The molecule has 0 aromatic heterocycles. The molecule has 1 fully saturated rings. The molecule has 1 heterocycles. The maximum Gasteiger partial charge on any atom is 0.320 e. The topological polar surface area (TPSA) is 137 Å². The van der Waals surface area contributed by atoms with Gasteiger partial charge in [-0.05, 0) is 23.6 Å². The van der Waals surface area contributed by atoms with Crippen LogP contribution in [0.25, 0.3) is 0 Å². The third kappa shape index (κ3) is 5.66. The van der Waals surface area contributed by atoms with E-state index in [-0.39, 0.29) is 30.1 Å². The van der Waals surface area contributed by atoms with Gasteiger partial charge in [-0.25, -0.2) is 8.42 Å². The van der Waals surface area contributed by atoms with Crippen molar-refractivity contribution in [3.63, 3.8) is 0 Å². The smallest absolute Gasteiger partial charge is 0.320 e. The van der Waals surface area contributed by atoms with E-state index in [2.05, 4.69) is 5.32 Å². The number of aliphatic carboxylic acids is 1. The zero-order chi connectivity index (χ0) is 17.7. The Labute approximate surface area is 153 Å². The van der Waals surface area contributed by atoms with Crippen LogP contribution >= 0.6 is 12.4 Å². The molecule has 10 heteroatoms. The van der Waals surface area contributed by atoms with Gasteiger partial charge in [-0.15, -0.1) is 12.4 Å². The van der Waals surface area contributed by atoms with Crippen molar-refractivity contribution in [1.82, 2.24) is 9.62 Å². The second-order valence-corrected chi connectivity index (χ2v) is 7.63.